The molecule has 2 aliphatic heterocycles. The lowest BCUT2D eigenvalue weighted by atomic mass is 10.0. The van der Waals surface area contributed by atoms with Gasteiger partial charge in [0.1, 0.15) is 24.2 Å². The lowest BCUT2D eigenvalue weighted by Gasteiger charge is -2.27. The largest absolute Gasteiger partial charge is 0.337 e. The first kappa shape index (κ1) is 25.9. The molecule has 1 saturated heterocycles. The van der Waals surface area contributed by atoms with Gasteiger partial charge in [-0.3, -0.25) is 14.6 Å². The molecule has 0 radical (unpaired) electrons. The van der Waals surface area contributed by atoms with E-state index in [-0.39, 0.29) is 24.3 Å². The van der Waals surface area contributed by atoms with Gasteiger partial charge < -0.3 is 14.3 Å². The van der Waals surface area contributed by atoms with Crippen molar-refractivity contribution in [2.24, 2.45) is 10.9 Å². The number of nitrogens with one attached hydrogen (secondary N) is 1. The van der Waals surface area contributed by atoms with Crippen LogP contribution in [0.5, 0.6) is 0 Å². The van der Waals surface area contributed by atoms with Crippen LogP contribution in [0, 0.1) is 11.7 Å². The quantitative estimate of drug-likeness (QED) is 0.491. The Morgan fingerprint density at radius 3 is 2.92 bits per heavy atom. The van der Waals surface area contributed by atoms with E-state index in [1.807, 2.05) is 0 Å². The van der Waals surface area contributed by atoms with Crippen LogP contribution in [0.4, 0.5) is 4.39 Å². The number of hydrogen-bond donors (Lipinski definition) is 1. The minimum atomic E-state index is -3.87. The minimum absolute atomic E-state index is 0.0565. The summed E-state index contributed by atoms with van der Waals surface area (Å²) in [6, 6.07) is 4.44. The van der Waals surface area contributed by atoms with Crippen molar-refractivity contribution in [3.63, 3.8) is 0 Å². The number of benzene rings is 1. The highest BCUT2D eigenvalue weighted by molar-refractivity contribution is 7.88. The van der Waals surface area contributed by atoms with E-state index in [9.17, 15) is 22.4 Å². The number of nitrogens with zero attached hydrogens (tertiary/aromatic N) is 5. The van der Waals surface area contributed by atoms with E-state index < -0.39 is 27.6 Å². The summed E-state index contributed by atoms with van der Waals surface area (Å²) >= 11 is 0. The zero-order valence-corrected chi connectivity index (χ0v) is 20.8. The maximum absolute atomic E-state index is 13.4. The molecule has 0 aliphatic carbocycles. The Morgan fingerprint density at radius 2 is 2.14 bits per heavy atom. The molecule has 1 aromatic heterocycles. The van der Waals surface area contributed by atoms with Gasteiger partial charge in [0.2, 0.25) is 28.2 Å². The fraction of sp³-hybridized carbons (Fsp3) is 0.522. The molecule has 1 aromatic carbocycles. The van der Waals surface area contributed by atoms with Crippen molar-refractivity contribution in [2.75, 3.05) is 19.6 Å². The number of sulfonamides is 1. The van der Waals surface area contributed by atoms with E-state index in [1.165, 1.54) is 23.1 Å². The van der Waals surface area contributed by atoms with Gasteiger partial charge in [0.15, 0.2) is 5.82 Å². The second-order valence-electron chi connectivity index (χ2n) is 9.14. The molecule has 11 nitrogen and oxygen atoms in total. The smallest absolute Gasteiger partial charge is 0.246 e. The lowest BCUT2D eigenvalue weighted by Crippen LogP contribution is -2.47. The molecule has 0 spiro atoms. The average molecular weight is 521 g/mol. The molecule has 194 valence electrons. The van der Waals surface area contributed by atoms with Crippen LogP contribution in [0.2, 0.25) is 0 Å². The molecule has 2 amide bonds. The fourth-order valence-corrected chi connectivity index (χ4v) is 5.76. The second kappa shape index (κ2) is 11.2. The molecular weight excluding hydrogens is 491 g/mol. The van der Waals surface area contributed by atoms with E-state index in [2.05, 4.69) is 19.9 Å². The van der Waals surface area contributed by atoms with Crippen LogP contribution < -0.4 is 4.72 Å². The van der Waals surface area contributed by atoms with Crippen LogP contribution in [0.1, 0.15) is 43.5 Å². The standard InChI is InChI=1S/C23H29FN6O5S/c1-16-25-11-18(12-30(16)15-31)10-21-26-22(35-27-21)13-29-8-3-2-7-20(23(29)32)28-36(33,34)14-17-5-4-6-19(24)9-17/h4-6,9,15,18,20,28H,2-3,7-8,10-14H2,1H3/t18?,20-/m0/s1. The van der Waals surface area contributed by atoms with E-state index in [0.29, 0.717) is 62.5 Å². The summed E-state index contributed by atoms with van der Waals surface area (Å²) in [4.78, 5) is 36.1. The summed E-state index contributed by atoms with van der Waals surface area (Å²) < 4.78 is 46.6. The summed E-state index contributed by atoms with van der Waals surface area (Å²) in [5.41, 5.74) is 0.300. The molecule has 1 N–H and O–H groups in total. The molecular formula is C23H29FN6O5S. The van der Waals surface area contributed by atoms with Crippen LogP contribution in [-0.4, -0.2) is 72.2 Å². The number of carbonyl (C=O) groups excluding carboxylic acids is 2. The molecule has 3 heterocycles. The van der Waals surface area contributed by atoms with E-state index in [1.54, 1.807) is 11.8 Å². The Labute approximate surface area is 208 Å². The normalized spacial score (nSPS) is 21.3. The lowest BCUT2D eigenvalue weighted by molar-refractivity contribution is -0.133. The van der Waals surface area contributed by atoms with Gasteiger partial charge in [-0.15, -0.1) is 0 Å². The predicted molar refractivity (Wildman–Crippen MR) is 127 cm³/mol. The van der Waals surface area contributed by atoms with Crippen LogP contribution >= 0.6 is 0 Å². The molecule has 36 heavy (non-hydrogen) atoms. The number of halogens is 1. The molecule has 13 heteroatoms. The predicted octanol–water partition coefficient (Wildman–Crippen LogP) is 1.26. The molecule has 2 aromatic rings. The Kier molecular flexibility index (Phi) is 8.09. The summed E-state index contributed by atoms with van der Waals surface area (Å²) in [5, 5.41) is 4.00. The van der Waals surface area contributed by atoms with Gasteiger partial charge in [-0.05, 0) is 43.9 Å². The molecule has 4 rings (SSSR count). The Bertz CT molecular complexity index is 1230. The van der Waals surface area contributed by atoms with Crippen molar-refractivity contribution in [1.82, 2.24) is 24.7 Å². The van der Waals surface area contributed by atoms with Gasteiger partial charge in [-0.25, -0.2) is 17.5 Å². The number of rotatable bonds is 9. The second-order valence-corrected chi connectivity index (χ2v) is 10.9. The molecule has 2 atom stereocenters. The summed E-state index contributed by atoms with van der Waals surface area (Å²) in [6.07, 6.45) is 2.96. The number of aromatic nitrogens is 2. The van der Waals surface area contributed by atoms with Gasteiger partial charge in [0.05, 0.1) is 5.75 Å². The average Bonchev–Trinajstić information content (AvgIpc) is 3.20. The first-order valence-electron chi connectivity index (χ1n) is 11.8. The van der Waals surface area contributed by atoms with E-state index in [0.717, 1.165) is 12.5 Å². The Hall–Kier alpha value is -3.19. The van der Waals surface area contributed by atoms with Crippen LogP contribution in [0.15, 0.2) is 33.8 Å². The molecule has 2 aliphatic rings. The van der Waals surface area contributed by atoms with Gasteiger partial charge in [0.25, 0.3) is 0 Å². The summed E-state index contributed by atoms with van der Waals surface area (Å²) in [7, 11) is -3.87. The highest BCUT2D eigenvalue weighted by Gasteiger charge is 2.31. The SMILES string of the molecule is CC1=NCC(Cc2noc(CN3CCCC[C@H](NS(=O)(=O)Cc4cccc(F)c4)C3=O)n2)CN1C=O. The van der Waals surface area contributed by atoms with Crippen molar-refractivity contribution in [3.8, 4) is 0 Å². The van der Waals surface area contributed by atoms with Crippen molar-refractivity contribution in [3.05, 3.63) is 47.4 Å². The number of hydrogen-bond acceptors (Lipinski definition) is 8. The zero-order valence-electron chi connectivity index (χ0n) is 20.0. The van der Waals surface area contributed by atoms with Gasteiger partial charge >= 0.3 is 0 Å². The fourth-order valence-electron chi connectivity index (χ4n) is 4.40. The maximum atomic E-state index is 13.4. The third kappa shape index (κ3) is 6.72. The molecule has 0 bridgehead atoms. The van der Waals surface area contributed by atoms with Crippen molar-refractivity contribution in [1.29, 1.82) is 0 Å². The van der Waals surface area contributed by atoms with E-state index in [4.69, 9.17) is 4.52 Å². The topological polar surface area (TPSA) is 138 Å². The van der Waals surface area contributed by atoms with Crippen molar-refractivity contribution >= 4 is 28.2 Å². The number of aliphatic imine (C=N–C) groups is 1. The summed E-state index contributed by atoms with van der Waals surface area (Å²) in [6.45, 7) is 3.36. The minimum Gasteiger partial charge on any atom is -0.337 e. The van der Waals surface area contributed by atoms with Crippen LogP contribution in [0.3, 0.4) is 0 Å². The molecule has 1 fully saturated rings. The number of carbonyl (C=O) groups is 2. The molecule has 1 unspecified atom stereocenters. The Balaban J connectivity index is 1.37. The van der Waals surface area contributed by atoms with Crippen molar-refractivity contribution < 1.29 is 26.9 Å². The third-order valence-corrected chi connectivity index (χ3v) is 7.59. The maximum Gasteiger partial charge on any atom is 0.246 e. The number of amidine groups is 1. The van der Waals surface area contributed by atoms with Gasteiger partial charge in [0, 0.05) is 32.0 Å². The summed E-state index contributed by atoms with van der Waals surface area (Å²) in [5.74, 6) is 0.138. The van der Waals surface area contributed by atoms with Crippen LogP contribution in [0.25, 0.3) is 0 Å². The van der Waals surface area contributed by atoms with Crippen molar-refractivity contribution in [2.45, 2.75) is 50.9 Å². The number of likely N-dealkylation sites (tertiary alicyclic amines) is 1. The Morgan fingerprint density at radius 1 is 1.31 bits per heavy atom. The highest BCUT2D eigenvalue weighted by Crippen LogP contribution is 2.18. The van der Waals surface area contributed by atoms with E-state index >= 15 is 0 Å². The van der Waals surface area contributed by atoms with Crippen LogP contribution in [-0.2, 0) is 38.3 Å². The first-order valence-corrected chi connectivity index (χ1v) is 13.5. The first-order chi connectivity index (χ1) is 17.2. The third-order valence-electron chi connectivity index (χ3n) is 6.23. The number of amides is 2. The zero-order chi connectivity index (χ0) is 25.7. The molecule has 0 saturated carbocycles. The monoisotopic (exact) mass is 520 g/mol. The van der Waals surface area contributed by atoms with Gasteiger partial charge in [-0.1, -0.05) is 17.3 Å². The van der Waals surface area contributed by atoms with Gasteiger partial charge in [-0.2, -0.15) is 4.98 Å². The highest BCUT2D eigenvalue weighted by atomic mass is 32.2.